The largest absolute Gasteiger partial charge is 0.378 e. The lowest BCUT2D eigenvalue weighted by atomic mass is 9.95. The number of aromatic amines is 1. The summed E-state index contributed by atoms with van der Waals surface area (Å²) in [6.07, 6.45) is 2.68. The SMILES string of the molecule is CC1OCCC1C(=O)c1ccc[nH]1. The number of hydrogen-bond donors (Lipinski definition) is 1. The molecule has 0 bridgehead atoms. The van der Waals surface area contributed by atoms with Crippen LogP contribution >= 0.6 is 0 Å². The van der Waals surface area contributed by atoms with Gasteiger partial charge in [-0.25, -0.2) is 0 Å². The summed E-state index contributed by atoms with van der Waals surface area (Å²) < 4.78 is 5.35. The van der Waals surface area contributed by atoms with Crippen molar-refractivity contribution in [3.05, 3.63) is 24.0 Å². The predicted octanol–water partition coefficient (Wildman–Crippen LogP) is 1.62. The lowest BCUT2D eigenvalue weighted by molar-refractivity contribution is 0.0760. The van der Waals surface area contributed by atoms with Gasteiger partial charge in [-0.2, -0.15) is 0 Å². The van der Waals surface area contributed by atoms with Crippen molar-refractivity contribution in [2.24, 2.45) is 5.92 Å². The fourth-order valence-corrected chi connectivity index (χ4v) is 1.76. The van der Waals surface area contributed by atoms with Gasteiger partial charge >= 0.3 is 0 Å². The minimum atomic E-state index is 0.0404. The van der Waals surface area contributed by atoms with Crippen molar-refractivity contribution >= 4 is 5.78 Å². The molecule has 2 heterocycles. The van der Waals surface area contributed by atoms with E-state index in [0.29, 0.717) is 12.3 Å². The van der Waals surface area contributed by atoms with Gasteiger partial charge in [-0.15, -0.1) is 0 Å². The molecule has 0 amide bonds. The van der Waals surface area contributed by atoms with Crippen LogP contribution in [0.1, 0.15) is 23.8 Å². The maximum atomic E-state index is 11.8. The van der Waals surface area contributed by atoms with Crippen molar-refractivity contribution in [3.63, 3.8) is 0 Å². The molecule has 2 atom stereocenters. The van der Waals surface area contributed by atoms with Gasteiger partial charge in [-0.3, -0.25) is 4.79 Å². The van der Waals surface area contributed by atoms with Gasteiger partial charge in [0, 0.05) is 12.8 Å². The maximum Gasteiger partial charge on any atom is 0.184 e. The van der Waals surface area contributed by atoms with E-state index in [9.17, 15) is 4.79 Å². The average molecular weight is 179 g/mol. The minimum Gasteiger partial charge on any atom is -0.378 e. The van der Waals surface area contributed by atoms with Crippen LogP contribution in [-0.2, 0) is 4.74 Å². The van der Waals surface area contributed by atoms with E-state index >= 15 is 0 Å². The summed E-state index contributed by atoms with van der Waals surface area (Å²) in [5.41, 5.74) is 0.697. The molecule has 0 radical (unpaired) electrons. The molecule has 3 heteroatoms. The molecule has 1 aromatic heterocycles. The highest BCUT2D eigenvalue weighted by atomic mass is 16.5. The summed E-state index contributed by atoms with van der Waals surface area (Å²) >= 11 is 0. The van der Waals surface area contributed by atoms with E-state index in [1.165, 1.54) is 0 Å². The van der Waals surface area contributed by atoms with Crippen LogP contribution < -0.4 is 0 Å². The first-order valence-corrected chi connectivity index (χ1v) is 4.58. The predicted molar refractivity (Wildman–Crippen MR) is 48.6 cm³/mol. The van der Waals surface area contributed by atoms with E-state index in [1.807, 2.05) is 19.1 Å². The summed E-state index contributed by atoms with van der Waals surface area (Å²) in [4.78, 5) is 14.7. The number of hydrogen-bond acceptors (Lipinski definition) is 2. The van der Waals surface area contributed by atoms with Crippen molar-refractivity contribution in [3.8, 4) is 0 Å². The number of Topliss-reactive ketones (excluding diaryl/α,β-unsaturated/α-hetero) is 1. The molecular formula is C10H13NO2. The zero-order valence-electron chi connectivity index (χ0n) is 7.62. The Morgan fingerprint density at radius 3 is 3.08 bits per heavy atom. The van der Waals surface area contributed by atoms with Gasteiger partial charge in [0.05, 0.1) is 17.7 Å². The molecule has 1 aliphatic heterocycles. The van der Waals surface area contributed by atoms with E-state index in [4.69, 9.17) is 4.74 Å². The van der Waals surface area contributed by atoms with E-state index in [0.717, 1.165) is 6.42 Å². The van der Waals surface area contributed by atoms with Crippen LogP contribution in [0, 0.1) is 5.92 Å². The Labute approximate surface area is 77.1 Å². The molecule has 13 heavy (non-hydrogen) atoms. The lowest BCUT2D eigenvalue weighted by Crippen LogP contribution is -2.21. The van der Waals surface area contributed by atoms with Crippen LogP contribution in [0.3, 0.4) is 0 Å². The van der Waals surface area contributed by atoms with E-state index in [2.05, 4.69) is 4.98 Å². The van der Waals surface area contributed by atoms with Gasteiger partial charge in [0.25, 0.3) is 0 Å². The first kappa shape index (κ1) is 8.51. The first-order chi connectivity index (χ1) is 6.29. The molecule has 70 valence electrons. The Bertz CT molecular complexity index is 292. The van der Waals surface area contributed by atoms with Gasteiger partial charge < -0.3 is 9.72 Å². The monoisotopic (exact) mass is 179 g/mol. The Kier molecular flexibility index (Phi) is 2.19. The molecule has 0 aliphatic carbocycles. The molecule has 1 saturated heterocycles. The second-order valence-corrected chi connectivity index (χ2v) is 3.42. The second-order valence-electron chi connectivity index (χ2n) is 3.42. The molecule has 0 aromatic carbocycles. The Balaban J connectivity index is 2.13. The zero-order valence-corrected chi connectivity index (χ0v) is 7.62. The molecule has 0 saturated carbocycles. The van der Waals surface area contributed by atoms with Gasteiger partial charge in [0.15, 0.2) is 5.78 Å². The van der Waals surface area contributed by atoms with Gasteiger partial charge in [-0.1, -0.05) is 0 Å². The number of nitrogens with one attached hydrogen (secondary N) is 1. The number of rotatable bonds is 2. The van der Waals surface area contributed by atoms with Crippen molar-refractivity contribution in [1.82, 2.24) is 4.98 Å². The topological polar surface area (TPSA) is 42.1 Å². The van der Waals surface area contributed by atoms with Crippen LogP contribution in [0.5, 0.6) is 0 Å². The van der Waals surface area contributed by atoms with E-state index < -0.39 is 0 Å². The molecule has 2 rings (SSSR count). The minimum absolute atomic E-state index is 0.0404. The van der Waals surface area contributed by atoms with Crippen LogP contribution in [0.25, 0.3) is 0 Å². The van der Waals surface area contributed by atoms with Crippen molar-refractivity contribution in [2.45, 2.75) is 19.4 Å². The van der Waals surface area contributed by atoms with Crippen LogP contribution in [0.2, 0.25) is 0 Å². The molecular weight excluding hydrogens is 166 g/mol. The Morgan fingerprint density at radius 1 is 1.69 bits per heavy atom. The van der Waals surface area contributed by atoms with E-state index in [-0.39, 0.29) is 17.8 Å². The van der Waals surface area contributed by atoms with Crippen molar-refractivity contribution in [1.29, 1.82) is 0 Å². The molecule has 0 spiro atoms. The first-order valence-electron chi connectivity index (χ1n) is 4.58. The third-order valence-corrected chi connectivity index (χ3v) is 2.58. The number of ketones is 1. The number of H-pyrrole nitrogens is 1. The fourth-order valence-electron chi connectivity index (χ4n) is 1.76. The maximum absolute atomic E-state index is 11.8. The highest BCUT2D eigenvalue weighted by Gasteiger charge is 2.31. The highest BCUT2D eigenvalue weighted by molar-refractivity contribution is 5.96. The third-order valence-electron chi connectivity index (χ3n) is 2.58. The quantitative estimate of drug-likeness (QED) is 0.701. The lowest BCUT2D eigenvalue weighted by Gasteiger charge is -2.10. The van der Waals surface area contributed by atoms with Gasteiger partial charge in [-0.05, 0) is 25.5 Å². The molecule has 3 nitrogen and oxygen atoms in total. The van der Waals surface area contributed by atoms with Crippen LogP contribution in [-0.4, -0.2) is 23.5 Å². The normalized spacial score (nSPS) is 27.8. The molecule has 1 N–H and O–H groups in total. The smallest absolute Gasteiger partial charge is 0.184 e. The summed E-state index contributed by atoms with van der Waals surface area (Å²) in [6, 6.07) is 3.65. The standard InChI is InChI=1S/C10H13NO2/c1-7-8(4-6-13-7)10(12)9-3-2-5-11-9/h2-3,5,7-8,11H,4,6H2,1H3. The number of carbonyl (C=O) groups is 1. The van der Waals surface area contributed by atoms with Crippen LogP contribution in [0.4, 0.5) is 0 Å². The number of aromatic nitrogens is 1. The van der Waals surface area contributed by atoms with E-state index in [1.54, 1.807) is 6.20 Å². The van der Waals surface area contributed by atoms with Crippen LogP contribution in [0.15, 0.2) is 18.3 Å². The highest BCUT2D eigenvalue weighted by Crippen LogP contribution is 2.23. The third kappa shape index (κ3) is 1.52. The Hall–Kier alpha value is -1.09. The average Bonchev–Trinajstić information content (AvgIpc) is 2.72. The molecule has 1 aliphatic rings. The molecule has 1 aromatic rings. The zero-order chi connectivity index (χ0) is 9.26. The summed E-state index contributed by atoms with van der Waals surface area (Å²) in [5.74, 6) is 0.216. The molecule has 2 unspecified atom stereocenters. The summed E-state index contributed by atoms with van der Waals surface area (Å²) in [7, 11) is 0. The Morgan fingerprint density at radius 2 is 2.54 bits per heavy atom. The van der Waals surface area contributed by atoms with Crippen molar-refractivity contribution < 1.29 is 9.53 Å². The van der Waals surface area contributed by atoms with Crippen molar-refractivity contribution in [2.75, 3.05) is 6.61 Å². The van der Waals surface area contributed by atoms with Gasteiger partial charge in [0.1, 0.15) is 0 Å². The number of carbonyl (C=O) groups excluding carboxylic acids is 1. The molecule has 1 fully saturated rings. The number of ether oxygens (including phenoxy) is 1. The second kappa shape index (κ2) is 3.34. The summed E-state index contributed by atoms with van der Waals surface area (Å²) in [6.45, 7) is 2.66. The summed E-state index contributed by atoms with van der Waals surface area (Å²) in [5, 5.41) is 0. The fraction of sp³-hybridized carbons (Fsp3) is 0.500. The van der Waals surface area contributed by atoms with Gasteiger partial charge in [0.2, 0.25) is 0 Å².